The first-order chi connectivity index (χ1) is 52.1. The lowest BCUT2D eigenvalue weighted by Crippen LogP contribution is -1.85. The molecule has 0 saturated heterocycles. The molecule has 0 spiro atoms. The number of imidazole rings is 2. The van der Waals surface area contributed by atoms with Gasteiger partial charge in [0, 0.05) is 73.6 Å². The third kappa shape index (κ3) is 19.6. The SMILES string of the molecule is c1ccc2[nH]cnc2c1.c1ccc2[nH]ncc2c1.c1ccc2c(c1)[nH]c1ccccc12.c1ccc2c[nH]cc2c1.c1ccc2ncccc2c1.c1ccc2occc2c1.c1ccc2ocnc2c1.c1ccc2sccc2c1.c1ccc2scnc2c1.c1cnc2ncncc2n1.c1ncc2[nH]cnc2n1. The number of rotatable bonds is 0. The number of nitrogens with zero attached hydrogens (tertiary/aromatic N) is 12. The van der Waals surface area contributed by atoms with E-state index >= 15 is 0 Å². The molecular formula is C84H65N17O2S2. The van der Waals surface area contributed by atoms with Gasteiger partial charge >= 0.3 is 0 Å². The number of pyridine rings is 1. The van der Waals surface area contributed by atoms with E-state index in [1.807, 2.05) is 188 Å². The molecule has 0 fully saturated rings. The molecule has 0 aliphatic rings. The van der Waals surface area contributed by atoms with E-state index in [-0.39, 0.29) is 0 Å². The van der Waals surface area contributed by atoms with Gasteiger partial charge in [0.25, 0.3) is 0 Å². The molecule has 19 nitrogen and oxygen atoms in total. The average molecular weight is 1410 g/mol. The third-order valence-corrected chi connectivity index (χ3v) is 17.2. The summed E-state index contributed by atoms with van der Waals surface area (Å²) < 4.78 is 12.8. The molecule has 23 rings (SSSR count). The van der Waals surface area contributed by atoms with E-state index < -0.39 is 0 Å². The van der Waals surface area contributed by atoms with Crippen molar-refractivity contribution in [2.45, 2.75) is 0 Å². The molecule has 0 bridgehead atoms. The Hall–Kier alpha value is -14.3. The Balaban J connectivity index is 0.000000103. The molecule has 5 N–H and O–H groups in total. The van der Waals surface area contributed by atoms with Gasteiger partial charge < -0.3 is 28.8 Å². The average Bonchev–Trinajstić information content (AvgIpc) is 1.65. The Labute approximate surface area is 608 Å². The third-order valence-electron chi connectivity index (χ3n) is 15.5. The number of benzene rings is 10. The Morgan fingerprint density at radius 3 is 1.59 bits per heavy atom. The van der Waals surface area contributed by atoms with Crippen molar-refractivity contribution in [1.29, 1.82) is 0 Å². The fourth-order valence-corrected chi connectivity index (χ4v) is 11.9. The number of nitrogens with one attached hydrogen (secondary N) is 5. The van der Waals surface area contributed by atoms with Crippen LogP contribution in [0.25, 0.3) is 130 Å². The van der Waals surface area contributed by atoms with E-state index in [0.29, 0.717) is 11.3 Å². The number of aromatic amines is 5. The van der Waals surface area contributed by atoms with E-state index in [2.05, 4.69) is 200 Å². The zero-order valence-electron chi connectivity index (χ0n) is 56.1. The normalized spacial score (nSPS) is 10.3. The van der Waals surface area contributed by atoms with Crippen LogP contribution in [0.5, 0.6) is 0 Å². The second-order valence-electron chi connectivity index (χ2n) is 22.4. The molecule has 105 heavy (non-hydrogen) atoms. The molecule has 0 saturated carbocycles. The summed E-state index contributed by atoms with van der Waals surface area (Å²) in [4.78, 5) is 55.9. The van der Waals surface area contributed by atoms with Gasteiger partial charge in [0.05, 0.1) is 75.3 Å². The van der Waals surface area contributed by atoms with Crippen LogP contribution in [0.15, 0.2) is 374 Å². The molecule has 13 aromatic heterocycles. The first-order valence-electron chi connectivity index (χ1n) is 33.0. The molecule has 0 radical (unpaired) electrons. The van der Waals surface area contributed by atoms with Crippen molar-refractivity contribution in [3.8, 4) is 0 Å². The van der Waals surface area contributed by atoms with Gasteiger partial charge in [0.15, 0.2) is 23.3 Å². The summed E-state index contributed by atoms with van der Waals surface area (Å²) in [6.07, 6.45) is 23.5. The highest BCUT2D eigenvalue weighted by Crippen LogP contribution is 2.25. The number of H-pyrrole nitrogens is 5. The maximum absolute atomic E-state index is 5.12. The van der Waals surface area contributed by atoms with Crippen LogP contribution < -0.4 is 0 Å². The van der Waals surface area contributed by atoms with Gasteiger partial charge in [-0.15, -0.1) is 22.7 Å². The molecular weight excluding hydrogens is 1340 g/mol. The van der Waals surface area contributed by atoms with E-state index in [9.17, 15) is 0 Å². The van der Waals surface area contributed by atoms with E-state index in [0.717, 1.165) is 66.1 Å². The van der Waals surface area contributed by atoms with Crippen molar-refractivity contribution in [2.24, 2.45) is 0 Å². The number of para-hydroxylation sites is 10. The van der Waals surface area contributed by atoms with Gasteiger partial charge in [-0.1, -0.05) is 176 Å². The highest BCUT2D eigenvalue weighted by Gasteiger charge is 2.01. The summed E-state index contributed by atoms with van der Waals surface area (Å²) in [7, 11) is 0. The smallest absolute Gasteiger partial charge is 0.181 e. The van der Waals surface area contributed by atoms with Gasteiger partial charge in [-0.05, 0) is 113 Å². The van der Waals surface area contributed by atoms with Crippen LogP contribution in [-0.4, -0.2) is 85.0 Å². The van der Waals surface area contributed by atoms with Crippen LogP contribution in [0.1, 0.15) is 0 Å². The fourth-order valence-electron chi connectivity index (χ4n) is 10.4. The zero-order valence-corrected chi connectivity index (χ0v) is 57.8. The maximum Gasteiger partial charge on any atom is 0.181 e. The van der Waals surface area contributed by atoms with Crippen molar-refractivity contribution in [3.05, 3.63) is 365 Å². The minimum Gasteiger partial charge on any atom is -0.464 e. The van der Waals surface area contributed by atoms with Crippen LogP contribution in [0.3, 0.4) is 0 Å². The summed E-state index contributed by atoms with van der Waals surface area (Å²) >= 11 is 3.46. The minimum absolute atomic E-state index is 0.637. The second-order valence-corrected chi connectivity index (χ2v) is 24.2. The molecule has 21 heteroatoms. The second kappa shape index (κ2) is 36.7. The quantitative estimate of drug-likeness (QED) is 0.0946. The molecule has 0 amide bonds. The van der Waals surface area contributed by atoms with Crippen molar-refractivity contribution in [3.63, 3.8) is 0 Å². The molecule has 0 atom stereocenters. The molecule has 23 aromatic rings. The Morgan fingerprint density at radius 1 is 0.314 bits per heavy atom. The first kappa shape index (κ1) is 69.2. The molecule has 13 heterocycles. The molecule has 10 aromatic carbocycles. The summed E-state index contributed by atoms with van der Waals surface area (Å²) in [5, 5.41) is 18.9. The summed E-state index contributed by atoms with van der Waals surface area (Å²) in [6.45, 7) is 0. The van der Waals surface area contributed by atoms with Gasteiger partial charge in [0.2, 0.25) is 0 Å². The highest BCUT2D eigenvalue weighted by atomic mass is 32.1. The number of hydrogen-bond acceptors (Lipinski definition) is 16. The van der Waals surface area contributed by atoms with Gasteiger partial charge in [-0.2, -0.15) is 5.10 Å². The van der Waals surface area contributed by atoms with Crippen molar-refractivity contribution < 1.29 is 8.83 Å². The number of fused-ring (bicyclic) bond motifs is 13. The van der Waals surface area contributed by atoms with Gasteiger partial charge in [0.1, 0.15) is 34.8 Å². The Kier molecular flexibility index (Phi) is 24.2. The monoisotopic (exact) mass is 1410 g/mol. The number of thiophene rings is 1. The lowest BCUT2D eigenvalue weighted by Gasteiger charge is -1.91. The van der Waals surface area contributed by atoms with Crippen LogP contribution in [0, 0.1) is 0 Å². The number of hydrogen-bond donors (Lipinski definition) is 5. The fraction of sp³-hybridized carbons (Fsp3) is 0. The number of aromatic nitrogens is 17. The largest absolute Gasteiger partial charge is 0.464 e. The van der Waals surface area contributed by atoms with Crippen LogP contribution in [0.4, 0.5) is 0 Å². The van der Waals surface area contributed by atoms with Gasteiger partial charge in [-0.3, -0.25) is 10.1 Å². The van der Waals surface area contributed by atoms with E-state index in [1.54, 1.807) is 66.4 Å². The van der Waals surface area contributed by atoms with E-state index in [1.165, 1.54) is 71.8 Å². The zero-order chi connectivity index (χ0) is 71.1. The summed E-state index contributed by atoms with van der Waals surface area (Å²) in [5.74, 6) is 0. The van der Waals surface area contributed by atoms with Gasteiger partial charge in [-0.25, -0.2) is 49.8 Å². The molecule has 0 aliphatic carbocycles. The standard InChI is InChI=1S/C12H9N.C9H7N.C8H7N.C8H6O.C8H6S.2C7H6N2.C7H5NO.C7H5NS.C6H4N4.C5H4N4/c1-3-7-11-9(5-1)10-6-2-4-8-12(10)13-11;1-2-6-9-8(4-1)5-3-7-10-9;1-2-4-8-6-9-5-7(8)3-1;2*1-2-4-8-7(3-1)5-6-9-8;1-2-4-7-6(3-1)8-5-9-7;1-2-4-7-6(3-1)5-8-9-7;2*1-2-4-7-6(3-1)8-5-9-7;1-2-9-6-5(8-1)3-7-4-10-6;1-4-5(8-2-6-1)9-3-7-4/h1-8,13H;1-7H;1-6,9H;2*1-6H;2*1-5H,(H,8,9);2*1-5H;1-4H;1-3H,(H,6,7,8,9). The topological polar surface area (TPSA) is 260 Å². The van der Waals surface area contributed by atoms with Crippen LogP contribution in [-0.2, 0) is 0 Å². The molecule has 0 unspecified atom stereocenters. The lowest BCUT2D eigenvalue weighted by molar-refractivity contribution is 0.602. The Morgan fingerprint density at radius 2 is 0.886 bits per heavy atom. The summed E-state index contributed by atoms with van der Waals surface area (Å²) in [6, 6.07) is 89.3. The Bertz CT molecular complexity index is 5150. The predicted molar refractivity (Wildman–Crippen MR) is 427 cm³/mol. The predicted octanol–water partition coefficient (Wildman–Crippen LogP) is 21.1. The van der Waals surface area contributed by atoms with E-state index in [4.69, 9.17) is 8.83 Å². The number of thiazole rings is 1. The first-order valence-corrected chi connectivity index (χ1v) is 34.8. The van der Waals surface area contributed by atoms with Crippen molar-refractivity contribution in [2.75, 3.05) is 0 Å². The molecule has 510 valence electrons. The van der Waals surface area contributed by atoms with Crippen LogP contribution in [0.2, 0.25) is 0 Å². The van der Waals surface area contributed by atoms with Crippen LogP contribution >= 0.6 is 22.7 Å². The summed E-state index contributed by atoms with van der Waals surface area (Å²) in [5.41, 5.74) is 15.3. The number of oxazole rings is 1. The lowest BCUT2D eigenvalue weighted by atomic mass is 10.2. The minimum atomic E-state index is 0.637. The van der Waals surface area contributed by atoms with Crippen molar-refractivity contribution in [1.82, 2.24) is 85.0 Å². The molecule has 0 aliphatic heterocycles. The highest BCUT2D eigenvalue weighted by molar-refractivity contribution is 7.17. The van der Waals surface area contributed by atoms with Crippen molar-refractivity contribution >= 4 is 153 Å². The number of furan rings is 1. The maximum atomic E-state index is 5.12.